The van der Waals surface area contributed by atoms with Gasteiger partial charge in [0.1, 0.15) is 12.1 Å². The van der Waals surface area contributed by atoms with Crippen molar-refractivity contribution >= 4 is 23.2 Å². The second-order valence-electron chi connectivity index (χ2n) is 6.09. The number of carbonyl (C=O) groups excluding carboxylic acids is 2. The van der Waals surface area contributed by atoms with Crippen LogP contribution in [-0.4, -0.2) is 65.4 Å². The first-order valence-electron chi connectivity index (χ1n) is 8.26. The van der Waals surface area contributed by atoms with Gasteiger partial charge in [0, 0.05) is 45.2 Å². The second-order valence-corrected chi connectivity index (χ2v) is 6.09. The van der Waals surface area contributed by atoms with E-state index in [2.05, 4.69) is 5.32 Å². The first kappa shape index (κ1) is 20.6. The maximum absolute atomic E-state index is 12.3. The monoisotopic (exact) mass is 388 g/mol. The molecular formula is C16H19F3N4O4. The summed E-state index contributed by atoms with van der Waals surface area (Å²) in [7, 11) is 0. The van der Waals surface area contributed by atoms with Crippen molar-refractivity contribution < 1.29 is 27.7 Å². The van der Waals surface area contributed by atoms with Crippen LogP contribution in [0.3, 0.4) is 0 Å². The highest BCUT2D eigenvalue weighted by Crippen LogP contribution is 2.23. The van der Waals surface area contributed by atoms with E-state index in [4.69, 9.17) is 0 Å². The summed E-state index contributed by atoms with van der Waals surface area (Å²) < 4.78 is 36.8. The van der Waals surface area contributed by atoms with E-state index in [1.165, 1.54) is 18.2 Å². The number of anilines is 1. The van der Waals surface area contributed by atoms with Crippen LogP contribution in [0.4, 0.5) is 24.5 Å². The van der Waals surface area contributed by atoms with Gasteiger partial charge >= 0.3 is 6.18 Å². The molecule has 1 N–H and O–H groups in total. The highest BCUT2D eigenvalue weighted by Gasteiger charge is 2.34. The Morgan fingerprint density at radius 2 is 1.78 bits per heavy atom. The maximum Gasteiger partial charge on any atom is 0.397 e. The SMILES string of the molecule is O=C(CCN1CCN(C(=O)CC(F)(F)F)CC1)Nc1ccccc1[N+](=O)[O-]. The van der Waals surface area contributed by atoms with Crippen LogP contribution >= 0.6 is 0 Å². The fourth-order valence-corrected chi connectivity index (χ4v) is 2.72. The fraction of sp³-hybridized carbons (Fsp3) is 0.500. The van der Waals surface area contributed by atoms with Crippen LogP contribution < -0.4 is 5.32 Å². The molecule has 0 unspecified atom stereocenters. The number of hydrogen-bond acceptors (Lipinski definition) is 5. The van der Waals surface area contributed by atoms with E-state index in [9.17, 15) is 32.9 Å². The molecule has 1 saturated heterocycles. The summed E-state index contributed by atoms with van der Waals surface area (Å²) in [5, 5.41) is 13.4. The Morgan fingerprint density at radius 1 is 1.15 bits per heavy atom. The molecule has 1 fully saturated rings. The highest BCUT2D eigenvalue weighted by atomic mass is 19.4. The Kier molecular flexibility index (Phi) is 6.72. The van der Waals surface area contributed by atoms with Crippen LogP contribution in [0.5, 0.6) is 0 Å². The lowest BCUT2D eigenvalue weighted by atomic mass is 10.2. The summed E-state index contributed by atoms with van der Waals surface area (Å²) in [6.45, 7) is 1.40. The molecule has 27 heavy (non-hydrogen) atoms. The minimum Gasteiger partial charge on any atom is -0.340 e. The number of halogens is 3. The number of benzene rings is 1. The number of para-hydroxylation sites is 2. The predicted molar refractivity (Wildman–Crippen MR) is 90.0 cm³/mol. The zero-order valence-electron chi connectivity index (χ0n) is 14.4. The molecule has 0 spiro atoms. The number of amides is 2. The van der Waals surface area contributed by atoms with Gasteiger partial charge in [-0.3, -0.25) is 24.6 Å². The van der Waals surface area contributed by atoms with Gasteiger partial charge in [-0.1, -0.05) is 12.1 Å². The van der Waals surface area contributed by atoms with Gasteiger partial charge in [-0.15, -0.1) is 0 Å². The van der Waals surface area contributed by atoms with E-state index in [1.807, 2.05) is 4.90 Å². The molecule has 0 radical (unpaired) electrons. The van der Waals surface area contributed by atoms with Crippen molar-refractivity contribution in [1.29, 1.82) is 0 Å². The molecule has 148 valence electrons. The van der Waals surface area contributed by atoms with E-state index in [0.717, 1.165) is 4.90 Å². The zero-order chi connectivity index (χ0) is 20.0. The van der Waals surface area contributed by atoms with Crippen LogP contribution in [0, 0.1) is 10.1 Å². The third-order valence-electron chi connectivity index (χ3n) is 4.11. The summed E-state index contributed by atoms with van der Waals surface area (Å²) in [6.07, 6.45) is -5.92. The summed E-state index contributed by atoms with van der Waals surface area (Å²) in [4.78, 5) is 36.9. The van der Waals surface area contributed by atoms with Crippen molar-refractivity contribution in [2.45, 2.75) is 19.0 Å². The summed E-state index contributed by atoms with van der Waals surface area (Å²) >= 11 is 0. The number of nitro benzene ring substituents is 1. The molecular weight excluding hydrogens is 369 g/mol. The van der Waals surface area contributed by atoms with Gasteiger partial charge < -0.3 is 10.2 Å². The lowest BCUT2D eigenvalue weighted by Gasteiger charge is -2.34. The van der Waals surface area contributed by atoms with E-state index < -0.39 is 29.3 Å². The zero-order valence-corrected chi connectivity index (χ0v) is 14.4. The van der Waals surface area contributed by atoms with Crippen LogP contribution in [0.25, 0.3) is 0 Å². The Balaban J connectivity index is 1.76. The average molecular weight is 388 g/mol. The maximum atomic E-state index is 12.3. The van der Waals surface area contributed by atoms with Crippen molar-refractivity contribution in [3.63, 3.8) is 0 Å². The molecule has 8 nitrogen and oxygen atoms in total. The number of alkyl halides is 3. The highest BCUT2D eigenvalue weighted by molar-refractivity contribution is 5.93. The smallest absolute Gasteiger partial charge is 0.340 e. The molecule has 0 saturated carbocycles. The molecule has 2 amide bonds. The van der Waals surface area contributed by atoms with Crippen LogP contribution in [0.15, 0.2) is 24.3 Å². The van der Waals surface area contributed by atoms with Crippen molar-refractivity contribution in [2.24, 2.45) is 0 Å². The Morgan fingerprint density at radius 3 is 2.37 bits per heavy atom. The lowest BCUT2D eigenvalue weighted by Crippen LogP contribution is -2.49. The lowest BCUT2D eigenvalue weighted by molar-refractivity contribution is -0.383. The molecule has 11 heteroatoms. The largest absolute Gasteiger partial charge is 0.397 e. The number of nitro groups is 1. The van der Waals surface area contributed by atoms with E-state index in [1.54, 1.807) is 6.07 Å². The van der Waals surface area contributed by atoms with Crippen LogP contribution in [0.1, 0.15) is 12.8 Å². The molecule has 1 aromatic rings. The van der Waals surface area contributed by atoms with Gasteiger partial charge in [0.05, 0.1) is 4.92 Å². The molecule has 2 rings (SSSR count). The average Bonchev–Trinajstić information content (AvgIpc) is 2.59. The van der Waals surface area contributed by atoms with Gasteiger partial charge in [-0.2, -0.15) is 13.2 Å². The Hall–Kier alpha value is -2.69. The van der Waals surface area contributed by atoms with Gasteiger partial charge in [0.25, 0.3) is 5.69 Å². The van der Waals surface area contributed by atoms with Crippen molar-refractivity contribution in [3.05, 3.63) is 34.4 Å². The van der Waals surface area contributed by atoms with Gasteiger partial charge in [0.2, 0.25) is 11.8 Å². The number of nitrogens with one attached hydrogen (secondary N) is 1. The molecule has 1 aliphatic heterocycles. The summed E-state index contributed by atoms with van der Waals surface area (Å²) in [6, 6.07) is 5.78. The number of nitrogens with zero attached hydrogens (tertiary/aromatic N) is 3. The Bertz CT molecular complexity index is 703. The molecule has 1 aromatic carbocycles. The first-order valence-corrected chi connectivity index (χ1v) is 8.26. The summed E-state index contributed by atoms with van der Waals surface area (Å²) in [5.41, 5.74) is -0.0993. The van der Waals surface area contributed by atoms with Crippen LogP contribution in [0.2, 0.25) is 0 Å². The summed E-state index contributed by atoms with van der Waals surface area (Å²) in [5.74, 6) is -1.35. The van der Waals surface area contributed by atoms with Crippen LogP contribution in [-0.2, 0) is 9.59 Å². The third kappa shape index (κ3) is 6.51. The normalized spacial score (nSPS) is 15.4. The fourth-order valence-electron chi connectivity index (χ4n) is 2.72. The number of piperazine rings is 1. The second kappa shape index (κ2) is 8.80. The van der Waals surface area contributed by atoms with Crippen molar-refractivity contribution in [1.82, 2.24) is 9.80 Å². The topological polar surface area (TPSA) is 95.8 Å². The van der Waals surface area contributed by atoms with Gasteiger partial charge in [0.15, 0.2) is 0 Å². The molecule has 0 aliphatic carbocycles. The standard InChI is InChI=1S/C16H19F3N4O4/c17-16(18,19)11-15(25)22-9-7-21(8-10-22)6-5-14(24)20-12-3-1-2-4-13(12)23(26)27/h1-4H,5-11H2,(H,20,24). The Labute approximate surface area is 153 Å². The molecule has 0 bridgehead atoms. The number of hydrogen-bond donors (Lipinski definition) is 1. The minimum atomic E-state index is -4.52. The number of rotatable bonds is 6. The quantitative estimate of drug-likeness (QED) is 0.594. The minimum absolute atomic E-state index is 0.0720. The van der Waals surface area contributed by atoms with E-state index in [-0.39, 0.29) is 30.9 Å². The molecule has 1 heterocycles. The first-order chi connectivity index (χ1) is 12.7. The molecule has 0 atom stereocenters. The number of carbonyl (C=O) groups is 2. The van der Waals surface area contributed by atoms with Gasteiger partial charge in [-0.25, -0.2) is 0 Å². The molecule has 0 aromatic heterocycles. The third-order valence-corrected chi connectivity index (χ3v) is 4.11. The van der Waals surface area contributed by atoms with E-state index in [0.29, 0.717) is 19.6 Å². The van der Waals surface area contributed by atoms with E-state index >= 15 is 0 Å². The molecule has 1 aliphatic rings. The van der Waals surface area contributed by atoms with Crippen molar-refractivity contribution in [2.75, 3.05) is 38.0 Å². The van der Waals surface area contributed by atoms with Gasteiger partial charge in [-0.05, 0) is 6.07 Å². The predicted octanol–water partition coefficient (Wildman–Crippen LogP) is 2.02. The van der Waals surface area contributed by atoms with Crippen molar-refractivity contribution in [3.8, 4) is 0 Å².